The number of hydrogen-bond acceptors (Lipinski definition) is 4. The van der Waals surface area contributed by atoms with Gasteiger partial charge in [-0.3, -0.25) is 0 Å². The van der Waals surface area contributed by atoms with Crippen molar-refractivity contribution in [3.8, 4) is 5.88 Å². The molecule has 16 heavy (non-hydrogen) atoms. The molecule has 0 amide bonds. The van der Waals surface area contributed by atoms with Crippen LogP contribution in [0.5, 0.6) is 5.88 Å². The van der Waals surface area contributed by atoms with Crippen molar-refractivity contribution in [2.45, 2.75) is 19.5 Å². The molecule has 0 aliphatic heterocycles. The van der Waals surface area contributed by atoms with Crippen molar-refractivity contribution in [1.29, 1.82) is 0 Å². The normalized spacial score (nSPS) is 12.8. The van der Waals surface area contributed by atoms with Gasteiger partial charge in [0.2, 0.25) is 5.88 Å². The van der Waals surface area contributed by atoms with E-state index in [4.69, 9.17) is 4.74 Å². The molecule has 1 rings (SSSR count). The van der Waals surface area contributed by atoms with Gasteiger partial charge in [-0.1, -0.05) is 6.07 Å². The summed E-state index contributed by atoms with van der Waals surface area (Å²) in [6.07, 6.45) is 1.74. The van der Waals surface area contributed by atoms with E-state index >= 15 is 0 Å². The molecule has 4 nitrogen and oxygen atoms in total. The molecule has 0 spiro atoms. The summed E-state index contributed by atoms with van der Waals surface area (Å²) in [4.78, 5) is 6.35. The van der Waals surface area contributed by atoms with Crippen LogP contribution < -0.4 is 10.1 Å². The number of rotatable bonds is 6. The maximum Gasteiger partial charge on any atom is 0.217 e. The Morgan fingerprint density at radius 3 is 2.88 bits per heavy atom. The fourth-order valence-electron chi connectivity index (χ4n) is 1.34. The molecule has 1 aromatic rings. The Morgan fingerprint density at radius 1 is 1.50 bits per heavy atom. The smallest absolute Gasteiger partial charge is 0.217 e. The van der Waals surface area contributed by atoms with Gasteiger partial charge < -0.3 is 15.0 Å². The number of nitrogens with zero attached hydrogens (tertiary/aromatic N) is 2. The first-order chi connectivity index (χ1) is 7.65. The van der Waals surface area contributed by atoms with Gasteiger partial charge in [-0.05, 0) is 27.1 Å². The van der Waals surface area contributed by atoms with Crippen LogP contribution >= 0.6 is 0 Å². The number of methoxy groups -OCH3 is 1. The van der Waals surface area contributed by atoms with E-state index in [-0.39, 0.29) is 0 Å². The van der Waals surface area contributed by atoms with Crippen LogP contribution in [-0.2, 0) is 6.54 Å². The summed E-state index contributed by atoms with van der Waals surface area (Å²) in [6, 6.07) is 4.47. The van der Waals surface area contributed by atoms with E-state index in [1.165, 1.54) is 0 Å². The standard InChI is InChI=1S/C12H21N3O/c1-10(15(2)3)8-13-9-11-6-5-7-14-12(11)16-4/h5-7,10,13H,8-9H2,1-4H3. The minimum absolute atomic E-state index is 0.516. The first-order valence-corrected chi connectivity index (χ1v) is 5.50. The molecule has 0 aliphatic carbocycles. The van der Waals surface area contributed by atoms with Crippen LogP contribution in [0.15, 0.2) is 18.3 Å². The van der Waals surface area contributed by atoms with Crippen LogP contribution in [-0.4, -0.2) is 43.7 Å². The molecular formula is C12H21N3O. The number of likely N-dealkylation sites (N-methyl/N-ethyl adjacent to an activating group) is 1. The molecule has 1 N–H and O–H groups in total. The second-order valence-corrected chi connectivity index (χ2v) is 4.12. The lowest BCUT2D eigenvalue weighted by Crippen LogP contribution is -2.35. The monoisotopic (exact) mass is 223 g/mol. The molecule has 1 aromatic heterocycles. The number of pyridine rings is 1. The van der Waals surface area contributed by atoms with E-state index in [9.17, 15) is 0 Å². The molecule has 0 radical (unpaired) electrons. The predicted molar refractivity (Wildman–Crippen MR) is 65.6 cm³/mol. The highest BCUT2D eigenvalue weighted by molar-refractivity contribution is 5.24. The summed E-state index contributed by atoms with van der Waals surface area (Å²) in [5.74, 6) is 0.701. The number of nitrogens with one attached hydrogen (secondary N) is 1. The van der Waals surface area contributed by atoms with Gasteiger partial charge in [0.25, 0.3) is 0 Å². The van der Waals surface area contributed by atoms with E-state index in [2.05, 4.69) is 36.2 Å². The molecule has 0 saturated carbocycles. The van der Waals surface area contributed by atoms with Gasteiger partial charge in [-0.2, -0.15) is 0 Å². The zero-order valence-electron chi connectivity index (χ0n) is 10.5. The van der Waals surface area contributed by atoms with Crippen LogP contribution in [0.3, 0.4) is 0 Å². The van der Waals surface area contributed by atoms with Crippen molar-refractivity contribution in [1.82, 2.24) is 15.2 Å². The first kappa shape index (κ1) is 12.9. The second-order valence-electron chi connectivity index (χ2n) is 4.12. The zero-order chi connectivity index (χ0) is 12.0. The largest absolute Gasteiger partial charge is 0.481 e. The van der Waals surface area contributed by atoms with Crippen molar-refractivity contribution in [2.24, 2.45) is 0 Å². The minimum atomic E-state index is 0.516. The van der Waals surface area contributed by atoms with Crippen LogP contribution in [0, 0.1) is 0 Å². The predicted octanol–water partition coefficient (Wildman–Crippen LogP) is 1.13. The molecular weight excluding hydrogens is 202 g/mol. The lowest BCUT2D eigenvalue weighted by atomic mass is 10.2. The van der Waals surface area contributed by atoms with Crippen molar-refractivity contribution >= 4 is 0 Å². The van der Waals surface area contributed by atoms with Crippen molar-refractivity contribution in [3.63, 3.8) is 0 Å². The van der Waals surface area contributed by atoms with Crippen LogP contribution in [0.2, 0.25) is 0 Å². The second kappa shape index (κ2) is 6.45. The van der Waals surface area contributed by atoms with Gasteiger partial charge in [-0.15, -0.1) is 0 Å². The van der Waals surface area contributed by atoms with Gasteiger partial charge in [0.1, 0.15) is 0 Å². The summed E-state index contributed by atoms with van der Waals surface area (Å²) in [7, 11) is 5.81. The summed E-state index contributed by atoms with van der Waals surface area (Å²) in [5, 5.41) is 3.40. The molecule has 0 bridgehead atoms. The van der Waals surface area contributed by atoms with Crippen LogP contribution in [0.1, 0.15) is 12.5 Å². The third-order valence-electron chi connectivity index (χ3n) is 2.68. The Labute approximate surface area is 97.6 Å². The molecule has 0 fully saturated rings. The quantitative estimate of drug-likeness (QED) is 0.784. The molecule has 1 atom stereocenters. The van der Waals surface area contributed by atoms with E-state index in [0.29, 0.717) is 11.9 Å². The molecule has 4 heteroatoms. The average molecular weight is 223 g/mol. The Hall–Kier alpha value is -1.13. The Morgan fingerprint density at radius 2 is 2.25 bits per heavy atom. The summed E-state index contributed by atoms with van der Waals surface area (Å²) in [6.45, 7) is 3.92. The first-order valence-electron chi connectivity index (χ1n) is 5.50. The molecule has 0 aliphatic rings. The van der Waals surface area contributed by atoms with E-state index < -0.39 is 0 Å². The number of hydrogen-bond donors (Lipinski definition) is 1. The van der Waals surface area contributed by atoms with Crippen LogP contribution in [0.4, 0.5) is 0 Å². The fourth-order valence-corrected chi connectivity index (χ4v) is 1.34. The summed E-state index contributed by atoms with van der Waals surface area (Å²) >= 11 is 0. The zero-order valence-corrected chi connectivity index (χ0v) is 10.5. The van der Waals surface area contributed by atoms with Crippen molar-refractivity contribution in [3.05, 3.63) is 23.9 Å². The highest BCUT2D eigenvalue weighted by Gasteiger charge is 2.05. The lowest BCUT2D eigenvalue weighted by molar-refractivity contribution is 0.301. The van der Waals surface area contributed by atoms with Gasteiger partial charge in [-0.25, -0.2) is 4.98 Å². The highest BCUT2D eigenvalue weighted by atomic mass is 16.5. The highest BCUT2D eigenvalue weighted by Crippen LogP contribution is 2.12. The maximum absolute atomic E-state index is 5.19. The summed E-state index contributed by atoms with van der Waals surface area (Å²) < 4.78 is 5.19. The van der Waals surface area contributed by atoms with E-state index in [1.807, 2.05) is 12.1 Å². The minimum Gasteiger partial charge on any atom is -0.481 e. The molecule has 90 valence electrons. The SMILES string of the molecule is COc1ncccc1CNCC(C)N(C)C. The fraction of sp³-hybridized carbons (Fsp3) is 0.583. The van der Waals surface area contributed by atoms with Crippen molar-refractivity contribution in [2.75, 3.05) is 27.7 Å². The number of aromatic nitrogens is 1. The maximum atomic E-state index is 5.19. The third-order valence-corrected chi connectivity index (χ3v) is 2.68. The lowest BCUT2D eigenvalue weighted by Gasteiger charge is -2.20. The Bertz CT molecular complexity index is 315. The molecule has 1 unspecified atom stereocenters. The van der Waals surface area contributed by atoms with Gasteiger partial charge in [0, 0.05) is 30.9 Å². The van der Waals surface area contributed by atoms with E-state index in [0.717, 1.165) is 18.7 Å². The molecule has 0 aromatic carbocycles. The Balaban J connectivity index is 2.42. The van der Waals surface area contributed by atoms with E-state index in [1.54, 1.807) is 13.3 Å². The third kappa shape index (κ3) is 3.79. The van der Waals surface area contributed by atoms with Gasteiger partial charge in [0.15, 0.2) is 0 Å². The summed E-state index contributed by atoms with van der Waals surface area (Å²) in [5.41, 5.74) is 1.09. The average Bonchev–Trinajstić information content (AvgIpc) is 2.29. The van der Waals surface area contributed by atoms with Gasteiger partial charge in [0.05, 0.1) is 7.11 Å². The number of ether oxygens (including phenoxy) is 1. The molecule has 1 heterocycles. The topological polar surface area (TPSA) is 37.4 Å². The Kier molecular flexibility index (Phi) is 5.22. The van der Waals surface area contributed by atoms with Gasteiger partial charge >= 0.3 is 0 Å². The molecule has 0 saturated heterocycles. The van der Waals surface area contributed by atoms with Crippen molar-refractivity contribution < 1.29 is 4.74 Å². The van der Waals surface area contributed by atoms with Crippen LogP contribution in [0.25, 0.3) is 0 Å².